The zero-order valence-electron chi connectivity index (χ0n) is 14.5. The molecule has 3 nitrogen and oxygen atoms in total. The van der Waals surface area contributed by atoms with Gasteiger partial charge in [-0.2, -0.15) is 0 Å². The second kappa shape index (κ2) is 7.06. The largest absolute Gasteiger partial charge is 0.385 e. The van der Waals surface area contributed by atoms with Gasteiger partial charge >= 0.3 is 0 Å². The highest BCUT2D eigenvalue weighted by molar-refractivity contribution is 5.34. The van der Waals surface area contributed by atoms with E-state index in [4.69, 9.17) is 4.74 Å². The van der Waals surface area contributed by atoms with Crippen LogP contribution in [0.1, 0.15) is 36.0 Å². The molecule has 5 heteroatoms. The van der Waals surface area contributed by atoms with Crippen LogP contribution in [-0.2, 0) is 16.9 Å². The van der Waals surface area contributed by atoms with Crippen LogP contribution in [0.2, 0.25) is 0 Å². The summed E-state index contributed by atoms with van der Waals surface area (Å²) < 4.78 is 32.6. The number of nitrogens with zero attached hydrogens (tertiary/aromatic N) is 1. The monoisotopic (exact) mass is 359 g/mol. The number of aliphatic hydroxyl groups is 1. The molecule has 2 aliphatic heterocycles. The summed E-state index contributed by atoms with van der Waals surface area (Å²) in [6.07, 6.45) is -1.78. The number of hydrogen-bond acceptors (Lipinski definition) is 3. The molecule has 2 saturated heterocycles. The zero-order valence-corrected chi connectivity index (χ0v) is 14.5. The van der Waals surface area contributed by atoms with Gasteiger partial charge in [-0.15, -0.1) is 0 Å². The second-order valence-electron chi connectivity index (χ2n) is 7.33. The smallest absolute Gasteiger partial charge is 0.264 e. The number of benzene rings is 2. The molecule has 0 aliphatic carbocycles. The lowest BCUT2D eigenvalue weighted by Crippen LogP contribution is -2.60. The number of hydrogen-bond donors (Lipinski definition) is 1. The quantitative estimate of drug-likeness (QED) is 0.899. The van der Waals surface area contributed by atoms with Crippen LogP contribution >= 0.6 is 0 Å². The fraction of sp³-hybridized carbons (Fsp3) is 0.429. The van der Waals surface area contributed by atoms with Gasteiger partial charge in [-0.3, -0.25) is 4.90 Å². The zero-order chi connectivity index (χ0) is 18.1. The lowest BCUT2D eigenvalue weighted by atomic mass is 9.75. The maximum absolute atomic E-state index is 13.5. The molecule has 4 rings (SSSR count). The van der Waals surface area contributed by atoms with E-state index in [1.54, 1.807) is 18.2 Å². The first-order chi connectivity index (χ1) is 12.6. The minimum atomic E-state index is -2.59. The molecular formula is C21H23F2NO2. The van der Waals surface area contributed by atoms with Crippen LogP contribution in [-0.4, -0.2) is 35.3 Å². The molecule has 2 aromatic carbocycles. The van der Waals surface area contributed by atoms with Gasteiger partial charge in [-0.05, 0) is 24.0 Å². The molecule has 26 heavy (non-hydrogen) atoms. The topological polar surface area (TPSA) is 32.7 Å². The van der Waals surface area contributed by atoms with E-state index in [1.165, 1.54) is 11.6 Å². The maximum atomic E-state index is 13.5. The van der Waals surface area contributed by atoms with Gasteiger partial charge in [0.15, 0.2) is 0 Å². The molecule has 0 radical (unpaired) electrons. The summed E-state index contributed by atoms with van der Waals surface area (Å²) in [6, 6.07) is 16.6. The van der Waals surface area contributed by atoms with E-state index in [0.717, 1.165) is 6.54 Å². The number of rotatable bonds is 4. The standard InChI is InChI=1S/C21H23F2NO2/c22-20(23)18-8-4-5-9-19(18)21(25)10-16-13-26-14-17(11-21)24(16)12-15-6-2-1-3-7-15/h1-9,16-17,20,25H,10-14H2. The molecule has 2 heterocycles. The lowest BCUT2D eigenvalue weighted by Gasteiger charge is -2.52. The number of alkyl halides is 2. The van der Waals surface area contributed by atoms with Crippen molar-refractivity contribution in [2.45, 2.75) is 43.5 Å². The van der Waals surface area contributed by atoms with Crippen LogP contribution in [0.15, 0.2) is 54.6 Å². The van der Waals surface area contributed by atoms with Crippen LogP contribution in [0.25, 0.3) is 0 Å². The SMILES string of the molecule is OC1(c2ccccc2C(F)F)CC2COCC(C1)N2Cc1ccccc1. The third-order valence-corrected chi connectivity index (χ3v) is 5.61. The normalized spacial score (nSPS) is 29.1. The molecule has 0 saturated carbocycles. The van der Waals surface area contributed by atoms with Crippen molar-refractivity contribution in [2.24, 2.45) is 0 Å². The van der Waals surface area contributed by atoms with Gasteiger partial charge in [0.05, 0.1) is 18.8 Å². The molecule has 0 amide bonds. The van der Waals surface area contributed by atoms with Crippen LogP contribution in [0, 0.1) is 0 Å². The first-order valence-electron chi connectivity index (χ1n) is 9.04. The average molecular weight is 359 g/mol. The number of fused-ring (bicyclic) bond motifs is 2. The molecule has 2 aromatic rings. The molecule has 0 aromatic heterocycles. The van der Waals surface area contributed by atoms with Gasteiger partial charge in [0, 0.05) is 24.2 Å². The Kier molecular flexibility index (Phi) is 4.78. The minimum absolute atomic E-state index is 0.0124. The predicted octanol–water partition coefficient (Wildman–Crippen LogP) is 3.88. The van der Waals surface area contributed by atoms with Crippen LogP contribution in [0.4, 0.5) is 8.78 Å². The Balaban J connectivity index is 1.62. The Morgan fingerprint density at radius 1 is 1.00 bits per heavy atom. The Bertz CT molecular complexity index is 739. The van der Waals surface area contributed by atoms with Gasteiger partial charge in [-0.1, -0.05) is 54.6 Å². The van der Waals surface area contributed by atoms with Crippen molar-refractivity contribution in [3.8, 4) is 0 Å². The fourth-order valence-electron chi connectivity index (χ4n) is 4.43. The predicted molar refractivity (Wildman–Crippen MR) is 94.9 cm³/mol. The van der Waals surface area contributed by atoms with Gasteiger partial charge < -0.3 is 9.84 Å². The molecule has 2 aliphatic rings. The summed E-state index contributed by atoms with van der Waals surface area (Å²) in [5, 5.41) is 11.3. The Hall–Kier alpha value is -1.82. The van der Waals surface area contributed by atoms with Crippen molar-refractivity contribution in [1.82, 2.24) is 4.90 Å². The lowest BCUT2D eigenvalue weighted by molar-refractivity contribution is -0.150. The summed E-state index contributed by atoms with van der Waals surface area (Å²) in [4.78, 5) is 2.36. The molecule has 2 unspecified atom stereocenters. The van der Waals surface area contributed by atoms with E-state index in [-0.39, 0.29) is 17.6 Å². The number of piperidine rings is 1. The van der Waals surface area contributed by atoms with Crippen molar-refractivity contribution < 1.29 is 18.6 Å². The summed E-state index contributed by atoms with van der Waals surface area (Å²) in [5.41, 5.74) is 0.277. The molecule has 0 spiro atoms. The highest BCUT2D eigenvalue weighted by Crippen LogP contribution is 2.44. The van der Waals surface area contributed by atoms with Gasteiger partial charge in [0.2, 0.25) is 0 Å². The number of halogens is 2. The van der Waals surface area contributed by atoms with Crippen LogP contribution < -0.4 is 0 Å². The third-order valence-electron chi connectivity index (χ3n) is 5.61. The molecular weight excluding hydrogens is 336 g/mol. The van der Waals surface area contributed by atoms with Gasteiger partial charge in [-0.25, -0.2) is 8.78 Å². The third kappa shape index (κ3) is 3.27. The first-order valence-corrected chi connectivity index (χ1v) is 9.04. The Morgan fingerprint density at radius 2 is 1.62 bits per heavy atom. The van der Waals surface area contributed by atoms with E-state index >= 15 is 0 Å². The summed E-state index contributed by atoms with van der Waals surface area (Å²) in [5.74, 6) is 0. The molecule has 2 bridgehead atoms. The second-order valence-corrected chi connectivity index (χ2v) is 7.33. The van der Waals surface area contributed by atoms with Crippen molar-refractivity contribution >= 4 is 0 Å². The van der Waals surface area contributed by atoms with Crippen molar-refractivity contribution in [1.29, 1.82) is 0 Å². The van der Waals surface area contributed by atoms with E-state index in [1.807, 2.05) is 18.2 Å². The molecule has 2 fully saturated rings. The molecule has 138 valence electrons. The van der Waals surface area contributed by atoms with Crippen molar-refractivity contribution in [3.05, 3.63) is 71.3 Å². The van der Waals surface area contributed by atoms with Crippen LogP contribution in [0.3, 0.4) is 0 Å². The van der Waals surface area contributed by atoms with Crippen LogP contribution in [0.5, 0.6) is 0 Å². The molecule has 2 atom stereocenters. The van der Waals surface area contributed by atoms with Crippen molar-refractivity contribution in [2.75, 3.05) is 13.2 Å². The minimum Gasteiger partial charge on any atom is -0.385 e. The Morgan fingerprint density at radius 3 is 2.27 bits per heavy atom. The van der Waals surface area contributed by atoms with E-state index in [0.29, 0.717) is 31.6 Å². The van der Waals surface area contributed by atoms with E-state index in [2.05, 4.69) is 17.0 Å². The van der Waals surface area contributed by atoms with Crippen molar-refractivity contribution in [3.63, 3.8) is 0 Å². The summed E-state index contributed by atoms with van der Waals surface area (Å²) in [7, 11) is 0. The maximum Gasteiger partial charge on any atom is 0.264 e. The first kappa shape index (κ1) is 17.6. The fourth-order valence-corrected chi connectivity index (χ4v) is 4.43. The van der Waals surface area contributed by atoms with E-state index in [9.17, 15) is 13.9 Å². The Labute approximate surface area is 152 Å². The number of morpholine rings is 1. The number of ether oxygens (including phenoxy) is 1. The van der Waals surface area contributed by atoms with E-state index < -0.39 is 12.0 Å². The summed E-state index contributed by atoms with van der Waals surface area (Å²) >= 11 is 0. The highest BCUT2D eigenvalue weighted by atomic mass is 19.3. The van der Waals surface area contributed by atoms with Gasteiger partial charge in [0.1, 0.15) is 0 Å². The summed E-state index contributed by atoms with van der Waals surface area (Å²) in [6.45, 7) is 1.82. The van der Waals surface area contributed by atoms with Gasteiger partial charge in [0.25, 0.3) is 6.43 Å². The highest BCUT2D eigenvalue weighted by Gasteiger charge is 2.48. The molecule has 1 N–H and O–H groups in total. The average Bonchev–Trinajstić information content (AvgIpc) is 2.63.